The van der Waals surface area contributed by atoms with Crippen LogP contribution in [0, 0.1) is 5.41 Å². The van der Waals surface area contributed by atoms with E-state index in [1.165, 1.54) is 49.7 Å². The lowest BCUT2D eigenvalue weighted by atomic mass is 9.65. The van der Waals surface area contributed by atoms with E-state index in [1.807, 2.05) is 12.1 Å². The fourth-order valence-electron chi connectivity index (χ4n) is 4.51. The van der Waals surface area contributed by atoms with Gasteiger partial charge in [0.15, 0.2) is 0 Å². The molecule has 2 atom stereocenters. The number of carboxylic acids is 1. The summed E-state index contributed by atoms with van der Waals surface area (Å²) < 4.78 is 0. The summed E-state index contributed by atoms with van der Waals surface area (Å²) in [5.41, 5.74) is 3.58. The summed E-state index contributed by atoms with van der Waals surface area (Å²) >= 11 is 0. The SMILES string of the molecule is O=C(O)c1ccc(CCCC2(CN[C@H]3CC3c3ccccc3)CCC2)cc1. The largest absolute Gasteiger partial charge is 0.478 e. The van der Waals surface area contributed by atoms with Crippen LogP contribution in [0.25, 0.3) is 0 Å². The summed E-state index contributed by atoms with van der Waals surface area (Å²) in [6.45, 7) is 1.15. The van der Waals surface area contributed by atoms with Crippen molar-refractivity contribution in [1.29, 1.82) is 0 Å². The van der Waals surface area contributed by atoms with Crippen LogP contribution in [0.1, 0.15) is 65.9 Å². The van der Waals surface area contributed by atoms with Gasteiger partial charge in [-0.2, -0.15) is 0 Å². The molecule has 0 aromatic heterocycles. The Bertz CT molecular complexity index is 765. The van der Waals surface area contributed by atoms with Gasteiger partial charge < -0.3 is 10.4 Å². The number of carboxylic acid groups (broad SMARTS) is 1. The predicted octanol–water partition coefficient (Wildman–Crippen LogP) is 5.02. The minimum Gasteiger partial charge on any atom is -0.478 e. The summed E-state index contributed by atoms with van der Waals surface area (Å²) in [6.07, 6.45) is 8.82. The zero-order valence-electron chi connectivity index (χ0n) is 15.9. The maximum absolute atomic E-state index is 10.9. The zero-order valence-corrected chi connectivity index (χ0v) is 15.9. The molecule has 0 aliphatic heterocycles. The first kappa shape index (κ1) is 18.2. The number of benzene rings is 2. The van der Waals surface area contributed by atoms with Crippen LogP contribution in [0.15, 0.2) is 54.6 Å². The van der Waals surface area contributed by atoms with Crippen LogP contribution in [0.3, 0.4) is 0 Å². The van der Waals surface area contributed by atoms with Gasteiger partial charge in [-0.15, -0.1) is 0 Å². The second-order valence-corrected chi connectivity index (χ2v) is 8.45. The normalized spacial score (nSPS) is 22.8. The molecule has 142 valence electrons. The number of aryl methyl sites for hydroxylation is 1. The summed E-state index contributed by atoms with van der Waals surface area (Å²) in [5, 5.41) is 12.8. The topological polar surface area (TPSA) is 49.3 Å². The van der Waals surface area contributed by atoms with Crippen molar-refractivity contribution in [3.63, 3.8) is 0 Å². The number of carbonyl (C=O) groups is 1. The van der Waals surface area contributed by atoms with Crippen LogP contribution in [-0.2, 0) is 6.42 Å². The Labute approximate surface area is 161 Å². The van der Waals surface area contributed by atoms with Crippen LogP contribution in [-0.4, -0.2) is 23.7 Å². The van der Waals surface area contributed by atoms with Gasteiger partial charge in [-0.25, -0.2) is 4.79 Å². The highest BCUT2D eigenvalue weighted by Gasteiger charge is 2.42. The lowest BCUT2D eigenvalue weighted by Gasteiger charge is -2.42. The summed E-state index contributed by atoms with van der Waals surface area (Å²) in [5.74, 6) is -0.147. The molecule has 2 N–H and O–H groups in total. The molecule has 0 radical (unpaired) electrons. The quantitative estimate of drug-likeness (QED) is 0.657. The van der Waals surface area contributed by atoms with Gasteiger partial charge in [-0.1, -0.05) is 48.9 Å². The number of nitrogens with one attached hydrogen (secondary N) is 1. The first-order valence-corrected chi connectivity index (χ1v) is 10.3. The molecule has 2 aromatic rings. The molecular formula is C24H29NO2. The van der Waals surface area contributed by atoms with Gasteiger partial charge in [0.1, 0.15) is 0 Å². The van der Waals surface area contributed by atoms with E-state index in [9.17, 15) is 4.79 Å². The highest BCUT2D eigenvalue weighted by molar-refractivity contribution is 5.87. The third-order valence-corrected chi connectivity index (χ3v) is 6.55. The highest BCUT2D eigenvalue weighted by Crippen LogP contribution is 2.46. The van der Waals surface area contributed by atoms with Gasteiger partial charge in [-0.05, 0) is 67.2 Å². The minimum absolute atomic E-state index is 0.371. The minimum atomic E-state index is -0.852. The molecule has 4 rings (SSSR count). The fraction of sp³-hybridized carbons (Fsp3) is 0.458. The zero-order chi connectivity index (χ0) is 18.7. The van der Waals surface area contributed by atoms with Crippen molar-refractivity contribution in [1.82, 2.24) is 5.32 Å². The van der Waals surface area contributed by atoms with Crippen molar-refractivity contribution in [2.45, 2.75) is 56.9 Å². The third kappa shape index (κ3) is 4.41. The third-order valence-electron chi connectivity index (χ3n) is 6.55. The second kappa shape index (κ2) is 7.85. The second-order valence-electron chi connectivity index (χ2n) is 8.45. The molecule has 2 aliphatic rings. The molecule has 0 amide bonds. The van der Waals surface area contributed by atoms with Gasteiger partial charge in [0.05, 0.1) is 5.56 Å². The number of aromatic carboxylic acids is 1. The van der Waals surface area contributed by atoms with E-state index >= 15 is 0 Å². The summed E-state index contributed by atoms with van der Waals surface area (Å²) in [7, 11) is 0. The molecule has 2 aliphatic carbocycles. The van der Waals surface area contributed by atoms with E-state index in [1.54, 1.807) is 12.1 Å². The van der Waals surface area contributed by atoms with E-state index in [-0.39, 0.29) is 0 Å². The molecule has 3 nitrogen and oxygen atoms in total. The molecule has 27 heavy (non-hydrogen) atoms. The number of hydrogen-bond donors (Lipinski definition) is 2. The molecule has 3 heteroatoms. The standard InChI is InChI=1S/C24H29NO2/c26-23(27)20-11-9-18(10-12-20)6-4-13-24(14-5-15-24)17-25-22-16-21(22)19-7-2-1-3-8-19/h1-3,7-12,21-22,25H,4-6,13-17H2,(H,26,27)/t21?,22-/m0/s1. The van der Waals surface area contributed by atoms with Gasteiger partial charge >= 0.3 is 5.97 Å². The lowest BCUT2D eigenvalue weighted by molar-refractivity contribution is 0.0697. The number of rotatable bonds is 9. The van der Waals surface area contributed by atoms with Crippen molar-refractivity contribution in [2.75, 3.05) is 6.54 Å². The fourth-order valence-corrected chi connectivity index (χ4v) is 4.51. The van der Waals surface area contributed by atoms with E-state index < -0.39 is 5.97 Å². The maximum atomic E-state index is 10.9. The van der Waals surface area contributed by atoms with E-state index in [4.69, 9.17) is 5.11 Å². The molecular weight excluding hydrogens is 334 g/mol. The van der Waals surface area contributed by atoms with Gasteiger partial charge in [0, 0.05) is 18.5 Å². The first-order valence-electron chi connectivity index (χ1n) is 10.3. The Morgan fingerprint density at radius 1 is 1.07 bits per heavy atom. The smallest absolute Gasteiger partial charge is 0.335 e. The van der Waals surface area contributed by atoms with E-state index in [0.717, 1.165) is 13.0 Å². The van der Waals surface area contributed by atoms with Crippen molar-refractivity contribution < 1.29 is 9.90 Å². The molecule has 0 bridgehead atoms. The van der Waals surface area contributed by atoms with Crippen molar-refractivity contribution in [3.05, 3.63) is 71.3 Å². The Hall–Kier alpha value is -2.13. The van der Waals surface area contributed by atoms with E-state index in [0.29, 0.717) is 22.9 Å². The van der Waals surface area contributed by atoms with Crippen LogP contribution in [0.4, 0.5) is 0 Å². The first-order chi connectivity index (χ1) is 13.2. The Kier molecular flexibility index (Phi) is 5.31. The van der Waals surface area contributed by atoms with Crippen molar-refractivity contribution in [2.24, 2.45) is 5.41 Å². The highest BCUT2D eigenvalue weighted by atomic mass is 16.4. The van der Waals surface area contributed by atoms with Crippen LogP contribution >= 0.6 is 0 Å². The van der Waals surface area contributed by atoms with Crippen molar-refractivity contribution in [3.8, 4) is 0 Å². The van der Waals surface area contributed by atoms with Crippen molar-refractivity contribution >= 4 is 5.97 Å². The van der Waals surface area contributed by atoms with Crippen LogP contribution in [0.2, 0.25) is 0 Å². The van der Waals surface area contributed by atoms with Gasteiger partial charge in [0.25, 0.3) is 0 Å². The van der Waals surface area contributed by atoms with Crippen LogP contribution < -0.4 is 5.32 Å². The average molecular weight is 364 g/mol. The average Bonchev–Trinajstić information content (AvgIpc) is 3.44. The molecule has 0 spiro atoms. The summed E-state index contributed by atoms with van der Waals surface area (Å²) in [6, 6.07) is 18.9. The Balaban J connectivity index is 1.22. The number of hydrogen-bond acceptors (Lipinski definition) is 2. The van der Waals surface area contributed by atoms with E-state index in [2.05, 4.69) is 35.6 Å². The monoisotopic (exact) mass is 363 g/mol. The van der Waals surface area contributed by atoms with Crippen LogP contribution in [0.5, 0.6) is 0 Å². The Morgan fingerprint density at radius 3 is 2.44 bits per heavy atom. The Morgan fingerprint density at radius 2 is 1.81 bits per heavy atom. The predicted molar refractivity (Wildman–Crippen MR) is 108 cm³/mol. The maximum Gasteiger partial charge on any atom is 0.335 e. The lowest BCUT2D eigenvalue weighted by Crippen LogP contribution is -2.41. The molecule has 1 unspecified atom stereocenters. The molecule has 2 aromatic carbocycles. The molecule has 2 saturated carbocycles. The van der Waals surface area contributed by atoms with Gasteiger partial charge in [0.2, 0.25) is 0 Å². The van der Waals surface area contributed by atoms with Gasteiger partial charge in [-0.3, -0.25) is 0 Å². The molecule has 0 heterocycles. The summed E-state index contributed by atoms with van der Waals surface area (Å²) in [4.78, 5) is 10.9. The molecule has 0 saturated heterocycles. The molecule has 2 fully saturated rings.